The van der Waals surface area contributed by atoms with E-state index in [0.717, 1.165) is 29.0 Å². The van der Waals surface area contributed by atoms with Crippen molar-refractivity contribution in [3.8, 4) is 16.9 Å². The van der Waals surface area contributed by atoms with Gasteiger partial charge in [-0.15, -0.1) is 0 Å². The third-order valence-corrected chi connectivity index (χ3v) is 3.28. The van der Waals surface area contributed by atoms with Crippen molar-refractivity contribution in [2.24, 2.45) is 0 Å². The SMILES string of the molecule is CCc1noc(N)c1-c1cc(C(C)C)ccc1OC. The average Bonchev–Trinajstić information content (AvgIpc) is 2.78. The zero-order chi connectivity index (χ0) is 14.0. The Kier molecular flexibility index (Phi) is 3.79. The highest BCUT2D eigenvalue weighted by molar-refractivity contribution is 5.80. The minimum atomic E-state index is 0.344. The van der Waals surface area contributed by atoms with E-state index in [4.69, 9.17) is 15.0 Å². The lowest BCUT2D eigenvalue weighted by Gasteiger charge is -2.12. The molecule has 19 heavy (non-hydrogen) atoms. The number of nitrogens with two attached hydrogens (primary N) is 1. The standard InChI is InChI=1S/C15H20N2O2/c1-5-12-14(15(16)19-17-12)11-8-10(9(2)3)6-7-13(11)18-4/h6-9H,5,16H2,1-4H3. The minimum Gasteiger partial charge on any atom is -0.496 e. The molecule has 0 radical (unpaired) electrons. The summed E-state index contributed by atoms with van der Waals surface area (Å²) in [7, 11) is 1.66. The fourth-order valence-corrected chi connectivity index (χ4v) is 2.15. The van der Waals surface area contributed by atoms with Crippen molar-refractivity contribution < 1.29 is 9.26 Å². The van der Waals surface area contributed by atoms with Crippen LogP contribution in [0.3, 0.4) is 0 Å². The highest BCUT2D eigenvalue weighted by Crippen LogP contribution is 2.38. The van der Waals surface area contributed by atoms with E-state index in [9.17, 15) is 0 Å². The molecular weight excluding hydrogens is 240 g/mol. The Morgan fingerprint density at radius 3 is 2.68 bits per heavy atom. The number of hydrogen-bond donors (Lipinski definition) is 1. The molecule has 102 valence electrons. The second-order valence-corrected chi connectivity index (χ2v) is 4.84. The zero-order valence-corrected chi connectivity index (χ0v) is 11.9. The van der Waals surface area contributed by atoms with Gasteiger partial charge in [0.1, 0.15) is 5.75 Å². The molecule has 0 unspecified atom stereocenters. The lowest BCUT2D eigenvalue weighted by atomic mass is 9.96. The van der Waals surface area contributed by atoms with Crippen LogP contribution >= 0.6 is 0 Å². The Hall–Kier alpha value is -1.97. The van der Waals surface area contributed by atoms with E-state index >= 15 is 0 Å². The molecule has 4 nitrogen and oxygen atoms in total. The van der Waals surface area contributed by atoms with E-state index in [0.29, 0.717) is 11.8 Å². The number of rotatable bonds is 4. The summed E-state index contributed by atoms with van der Waals surface area (Å²) in [4.78, 5) is 0. The van der Waals surface area contributed by atoms with Gasteiger partial charge >= 0.3 is 0 Å². The Labute approximate surface area is 113 Å². The Bertz CT molecular complexity index is 574. The van der Waals surface area contributed by atoms with E-state index < -0.39 is 0 Å². The molecule has 0 saturated carbocycles. The molecule has 0 atom stereocenters. The predicted octanol–water partition coefficient (Wildman–Crippen LogP) is 3.62. The zero-order valence-electron chi connectivity index (χ0n) is 11.9. The summed E-state index contributed by atoms with van der Waals surface area (Å²) < 4.78 is 10.5. The van der Waals surface area contributed by atoms with Gasteiger partial charge in [-0.3, -0.25) is 0 Å². The molecular formula is C15H20N2O2. The molecule has 0 aliphatic heterocycles. The molecule has 0 aliphatic carbocycles. The molecule has 0 amide bonds. The smallest absolute Gasteiger partial charge is 0.230 e. The van der Waals surface area contributed by atoms with Crippen LogP contribution in [0.1, 0.15) is 37.9 Å². The molecule has 4 heteroatoms. The number of anilines is 1. The van der Waals surface area contributed by atoms with Gasteiger partial charge in [0.15, 0.2) is 0 Å². The van der Waals surface area contributed by atoms with Crippen LogP contribution in [0.5, 0.6) is 5.75 Å². The molecule has 0 fully saturated rings. The molecule has 0 aliphatic rings. The summed E-state index contributed by atoms with van der Waals surface area (Å²) in [5.74, 6) is 1.57. The van der Waals surface area contributed by atoms with E-state index in [2.05, 4.69) is 31.1 Å². The summed E-state index contributed by atoms with van der Waals surface area (Å²) in [6, 6.07) is 6.14. The monoisotopic (exact) mass is 260 g/mol. The van der Waals surface area contributed by atoms with Crippen molar-refractivity contribution in [3.05, 3.63) is 29.5 Å². The van der Waals surface area contributed by atoms with Crippen molar-refractivity contribution in [2.75, 3.05) is 12.8 Å². The first-order valence-electron chi connectivity index (χ1n) is 6.50. The number of methoxy groups -OCH3 is 1. The van der Waals surface area contributed by atoms with Gasteiger partial charge in [0, 0.05) is 5.56 Å². The number of aromatic nitrogens is 1. The largest absolute Gasteiger partial charge is 0.496 e. The first-order chi connectivity index (χ1) is 9.08. The first-order valence-corrected chi connectivity index (χ1v) is 6.50. The third-order valence-electron chi connectivity index (χ3n) is 3.28. The second kappa shape index (κ2) is 5.34. The van der Waals surface area contributed by atoms with E-state index in [1.807, 2.05) is 13.0 Å². The normalized spacial score (nSPS) is 11.0. The minimum absolute atomic E-state index is 0.344. The summed E-state index contributed by atoms with van der Waals surface area (Å²) in [5, 5.41) is 4.00. The fraction of sp³-hybridized carbons (Fsp3) is 0.400. The Morgan fingerprint density at radius 1 is 1.37 bits per heavy atom. The van der Waals surface area contributed by atoms with Crippen LogP contribution in [0.2, 0.25) is 0 Å². The number of hydrogen-bond acceptors (Lipinski definition) is 4. The number of benzene rings is 1. The van der Waals surface area contributed by atoms with Crippen LogP contribution in [0.4, 0.5) is 5.88 Å². The van der Waals surface area contributed by atoms with Gasteiger partial charge in [0.05, 0.1) is 18.4 Å². The quantitative estimate of drug-likeness (QED) is 0.912. The maximum absolute atomic E-state index is 5.91. The molecule has 0 saturated heterocycles. The maximum atomic E-state index is 5.91. The molecule has 2 N–H and O–H groups in total. The van der Waals surface area contributed by atoms with E-state index in [1.165, 1.54) is 5.56 Å². The van der Waals surface area contributed by atoms with E-state index in [1.54, 1.807) is 7.11 Å². The number of nitrogens with zero attached hydrogens (tertiary/aromatic N) is 1. The van der Waals surface area contributed by atoms with Gasteiger partial charge in [-0.2, -0.15) is 0 Å². The van der Waals surface area contributed by atoms with Gasteiger partial charge in [-0.1, -0.05) is 32.0 Å². The summed E-state index contributed by atoms with van der Waals surface area (Å²) >= 11 is 0. The van der Waals surface area contributed by atoms with Gasteiger partial charge in [0.25, 0.3) is 0 Å². The van der Waals surface area contributed by atoms with Gasteiger partial charge in [-0.25, -0.2) is 0 Å². The van der Waals surface area contributed by atoms with Gasteiger partial charge in [-0.05, 0) is 30.0 Å². The van der Waals surface area contributed by atoms with Crippen molar-refractivity contribution >= 4 is 5.88 Å². The highest BCUT2D eigenvalue weighted by atomic mass is 16.5. The maximum Gasteiger partial charge on any atom is 0.230 e. The van der Waals surface area contributed by atoms with Crippen molar-refractivity contribution in [3.63, 3.8) is 0 Å². The number of ether oxygens (including phenoxy) is 1. The molecule has 1 heterocycles. The third kappa shape index (κ3) is 2.43. The van der Waals surface area contributed by atoms with Crippen molar-refractivity contribution in [1.29, 1.82) is 0 Å². The van der Waals surface area contributed by atoms with Gasteiger partial charge < -0.3 is 15.0 Å². The van der Waals surface area contributed by atoms with Crippen LogP contribution in [0.15, 0.2) is 22.7 Å². The predicted molar refractivity (Wildman–Crippen MR) is 76.4 cm³/mol. The second-order valence-electron chi connectivity index (χ2n) is 4.84. The average molecular weight is 260 g/mol. The Balaban J connectivity index is 2.65. The highest BCUT2D eigenvalue weighted by Gasteiger charge is 2.19. The lowest BCUT2D eigenvalue weighted by Crippen LogP contribution is -1.96. The molecule has 0 spiro atoms. The molecule has 2 rings (SSSR count). The fourth-order valence-electron chi connectivity index (χ4n) is 2.15. The number of nitrogen functional groups attached to an aromatic ring is 1. The van der Waals surface area contributed by atoms with Crippen molar-refractivity contribution in [2.45, 2.75) is 33.1 Å². The summed E-state index contributed by atoms with van der Waals surface area (Å²) in [6.45, 7) is 6.34. The summed E-state index contributed by atoms with van der Waals surface area (Å²) in [5.41, 5.74) is 9.80. The molecule has 0 bridgehead atoms. The number of aryl methyl sites for hydroxylation is 1. The van der Waals surface area contributed by atoms with Crippen LogP contribution in [-0.2, 0) is 6.42 Å². The van der Waals surface area contributed by atoms with Crippen LogP contribution in [0, 0.1) is 0 Å². The molecule has 1 aromatic heterocycles. The lowest BCUT2D eigenvalue weighted by molar-refractivity contribution is 0.416. The van der Waals surface area contributed by atoms with Crippen LogP contribution in [0.25, 0.3) is 11.1 Å². The molecule has 2 aromatic rings. The van der Waals surface area contributed by atoms with Crippen LogP contribution in [-0.4, -0.2) is 12.3 Å². The Morgan fingerprint density at radius 2 is 2.11 bits per heavy atom. The van der Waals surface area contributed by atoms with Crippen LogP contribution < -0.4 is 10.5 Å². The summed E-state index contributed by atoms with van der Waals surface area (Å²) in [6.07, 6.45) is 0.769. The topological polar surface area (TPSA) is 61.3 Å². The first kappa shape index (κ1) is 13.5. The van der Waals surface area contributed by atoms with Gasteiger partial charge in [0.2, 0.25) is 5.88 Å². The molecule has 1 aromatic carbocycles. The van der Waals surface area contributed by atoms with E-state index in [-0.39, 0.29) is 0 Å². The van der Waals surface area contributed by atoms with Crippen molar-refractivity contribution in [1.82, 2.24) is 5.16 Å².